The van der Waals surface area contributed by atoms with Gasteiger partial charge in [0.1, 0.15) is 16.9 Å². The third kappa shape index (κ3) is 5.88. The second-order valence-electron chi connectivity index (χ2n) is 15.4. The maximum atomic E-state index is 7.07. The van der Waals surface area contributed by atoms with E-state index in [1.807, 2.05) is 54.6 Å². The molecule has 62 heavy (non-hydrogen) atoms. The van der Waals surface area contributed by atoms with Crippen LogP contribution in [0.15, 0.2) is 217 Å². The Morgan fingerprint density at radius 3 is 1.53 bits per heavy atom. The Balaban J connectivity index is 1.18. The van der Waals surface area contributed by atoms with E-state index in [4.69, 9.17) is 19.4 Å². The van der Waals surface area contributed by atoms with Gasteiger partial charge in [0.05, 0.1) is 22.1 Å². The third-order valence-electron chi connectivity index (χ3n) is 11.7. The van der Waals surface area contributed by atoms with Gasteiger partial charge in [-0.1, -0.05) is 164 Å². The molecule has 0 saturated heterocycles. The van der Waals surface area contributed by atoms with Crippen molar-refractivity contribution in [1.29, 1.82) is 0 Å². The molecular formula is C56H35N5O. The third-order valence-corrected chi connectivity index (χ3v) is 11.7. The molecular weight excluding hydrogens is 759 g/mol. The largest absolute Gasteiger partial charge is 0.455 e. The number of furan rings is 1. The average Bonchev–Trinajstić information content (AvgIpc) is 3.91. The second kappa shape index (κ2) is 14.7. The summed E-state index contributed by atoms with van der Waals surface area (Å²) in [4.78, 5) is 19.9. The van der Waals surface area contributed by atoms with Crippen LogP contribution >= 0.6 is 0 Å². The normalized spacial score (nSPS) is 11.5. The van der Waals surface area contributed by atoms with Crippen LogP contribution in [0.3, 0.4) is 0 Å². The summed E-state index contributed by atoms with van der Waals surface area (Å²) < 4.78 is 9.49. The van der Waals surface area contributed by atoms with Crippen LogP contribution in [0.1, 0.15) is 0 Å². The number of rotatable bonds is 7. The molecule has 0 aliphatic carbocycles. The van der Waals surface area contributed by atoms with Gasteiger partial charge in [0.25, 0.3) is 0 Å². The zero-order chi connectivity index (χ0) is 41.0. The number of fused-ring (bicyclic) bond motifs is 7. The van der Waals surface area contributed by atoms with Gasteiger partial charge in [-0.05, 0) is 59.2 Å². The molecule has 0 fully saturated rings. The summed E-state index contributed by atoms with van der Waals surface area (Å²) in [5.74, 6) is 1.64. The molecule has 6 heteroatoms. The maximum Gasteiger partial charge on any atom is 0.182 e. The van der Waals surface area contributed by atoms with Crippen molar-refractivity contribution in [3.8, 4) is 73.4 Å². The van der Waals surface area contributed by atoms with Crippen LogP contribution in [0, 0.1) is 0 Å². The van der Waals surface area contributed by atoms with E-state index in [0.717, 1.165) is 93.9 Å². The van der Waals surface area contributed by atoms with E-state index < -0.39 is 0 Å². The monoisotopic (exact) mass is 793 g/mol. The van der Waals surface area contributed by atoms with Gasteiger partial charge < -0.3 is 8.98 Å². The van der Waals surface area contributed by atoms with Crippen molar-refractivity contribution < 1.29 is 4.42 Å². The highest BCUT2D eigenvalue weighted by Gasteiger charge is 2.25. The first-order chi connectivity index (χ1) is 30.8. The minimum Gasteiger partial charge on any atom is -0.455 e. The van der Waals surface area contributed by atoms with Gasteiger partial charge >= 0.3 is 0 Å². The Morgan fingerprint density at radius 2 is 0.887 bits per heavy atom. The van der Waals surface area contributed by atoms with Crippen LogP contribution in [-0.4, -0.2) is 24.5 Å². The van der Waals surface area contributed by atoms with Gasteiger partial charge in [0, 0.05) is 50.2 Å². The molecule has 0 bridgehead atoms. The summed E-state index contributed by atoms with van der Waals surface area (Å²) in [5.41, 5.74) is 13.7. The Morgan fingerprint density at radius 1 is 0.355 bits per heavy atom. The lowest BCUT2D eigenvalue weighted by Gasteiger charge is -2.21. The van der Waals surface area contributed by atoms with Gasteiger partial charge in [0.2, 0.25) is 0 Å². The molecule has 8 aromatic carbocycles. The predicted molar refractivity (Wildman–Crippen MR) is 252 cm³/mol. The van der Waals surface area contributed by atoms with Crippen LogP contribution in [0.4, 0.5) is 0 Å². The van der Waals surface area contributed by atoms with Gasteiger partial charge in [-0.2, -0.15) is 0 Å². The maximum absolute atomic E-state index is 7.07. The lowest BCUT2D eigenvalue weighted by Crippen LogP contribution is -2.04. The molecule has 4 aromatic heterocycles. The quantitative estimate of drug-likeness (QED) is 0.161. The highest BCUT2D eigenvalue weighted by Crippen LogP contribution is 2.47. The fourth-order valence-corrected chi connectivity index (χ4v) is 8.90. The van der Waals surface area contributed by atoms with E-state index >= 15 is 0 Å². The first kappa shape index (κ1) is 35.5. The average molecular weight is 794 g/mol. The molecule has 6 nitrogen and oxygen atoms in total. The number of nitrogens with zero attached hydrogens (tertiary/aromatic N) is 5. The van der Waals surface area contributed by atoms with Crippen molar-refractivity contribution >= 4 is 43.7 Å². The molecule has 0 unspecified atom stereocenters. The zero-order valence-corrected chi connectivity index (χ0v) is 33.4. The lowest BCUT2D eigenvalue weighted by molar-refractivity contribution is 0.674. The van der Waals surface area contributed by atoms with Gasteiger partial charge in [-0.15, -0.1) is 0 Å². The van der Waals surface area contributed by atoms with Crippen molar-refractivity contribution in [2.24, 2.45) is 0 Å². The number of hydrogen-bond acceptors (Lipinski definition) is 5. The Hall–Kier alpha value is -8.48. The molecule has 0 atom stereocenters. The molecule has 0 spiro atoms. The van der Waals surface area contributed by atoms with Crippen LogP contribution in [0.2, 0.25) is 0 Å². The summed E-state index contributed by atoms with van der Waals surface area (Å²) in [5, 5.41) is 4.36. The van der Waals surface area contributed by atoms with Gasteiger partial charge in [0.15, 0.2) is 17.5 Å². The van der Waals surface area contributed by atoms with Crippen LogP contribution in [0.5, 0.6) is 0 Å². The number of hydrogen-bond donors (Lipinski definition) is 0. The van der Waals surface area contributed by atoms with Crippen molar-refractivity contribution in [2.45, 2.75) is 0 Å². The van der Waals surface area contributed by atoms with Crippen molar-refractivity contribution in [3.63, 3.8) is 0 Å². The summed E-state index contributed by atoms with van der Waals surface area (Å²) >= 11 is 0. The predicted octanol–water partition coefficient (Wildman–Crippen LogP) is 14.3. The van der Waals surface area contributed by atoms with Gasteiger partial charge in [-0.3, -0.25) is 4.98 Å². The van der Waals surface area contributed by atoms with Crippen LogP contribution in [0.25, 0.3) is 117 Å². The van der Waals surface area contributed by atoms with Gasteiger partial charge in [-0.25, -0.2) is 15.0 Å². The molecule has 0 aliphatic rings. The van der Waals surface area contributed by atoms with E-state index in [1.165, 1.54) is 0 Å². The first-order valence-corrected chi connectivity index (χ1v) is 20.7. The zero-order valence-electron chi connectivity index (χ0n) is 33.4. The topological polar surface area (TPSA) is 69.6 Å². The molecule has 290 valence electrons. The van der Waals surface area contributed by atoms with Crippen molar-refractivity contribution in [1.82, 2.24) is 24.5 Å². The Labute approximate surface area is 357 Å². The molecule has 0 N–H and O–H groups in total. The molecule has 0 aliphatic heterocycles. The molecule has 0 radical (unpaired) electrons. The molecule has 4 heterocycles. The standard InChI is InChI=1S/C56H35N5O/c1-5-18-36(19-6-1)41-27-17-28-42-43-31-32-49-50(53(43)62-52(41)42)44-26-13-14-30-48(44)61(49)51-45(37-20-7-2-8-21-37)34-40(35-46(51)38-22-9-3-10-23-38)55-58-54(39-24-11-4-12-25-39)59-56(60-55)47-29-15-16-33-57-47/h1-35H. The minimum absolute atomic E-state index is 0.508. The van der Waals surface area contributed by atoms with Crippen LogP contribution < -0.4 is 0 Å². The number of aromatic nitrogens is 5. The Bertz CT molecular complexity index is 3490. The number of para-hydroxylation sites is 2. The van der Waals surface area contributed by atoms with Crippen molar-refractivity contribution in [3.05, 3.63) is 212 Å². The molecule has 0 saturated carbocycles. The second-order valence-corrected chi connectivity index (χ2v) is 15.4. The summed E-state index contributed by atoms with van der Waals surface area (Å²) in [6, 6.07) is 71.6. The highest BCUT2D eigenvalue weighted by molar-refractivity contribution is 6.25. The first-order valence-electron chi connectivity index (χ1n) is 20.7. The highest BCUT2D eigenvalue weighted by atomic mass is 16.3. The summed E-state index contributed by atoms with van der Waals surface area (Å²) in [6.45, 7) is 0. The molecule has 12 rings (SSSR count). The van der Waals surface area contributed by atoms with E-state index in [0.29, 0.717) is 23.2 Å². The van der Waals surface area contributed by atoms with E-state index in [2.05, 4.69) is 161 Å². The SMILES string of the molecule is c1ccc(-c2nc(-c3cc(-c4ccccc4)c(-n4c5ccccc5c5c6oc7c(-c8ccccc8)cccc7c6ccc54)c(-c4ccccc4)c3)nc(-c3ccccn3)n2)cc1. The number of pyridine rings is 1. The smallest absolute Gasteiger partial charge is 0.182 e. The van der Waals surface area contributed by atoms with Crippen LogP contribution in [-0.2, 0) is 0 Å². The van der Waals surface area contributed by atoms with Crippen molar-refractivity contribution in [2.75, 3.05) is 0 Å². The lowest BCUT2D eigenvalue weighted by atomic mass is 9.92. The molecule has 12 aromatic rings. The van der Waals surface area contributed by atoms with E-state index in [-0.39, 0.29) is 0 Å². The summed E-state index contributed by atoms with van der Waals surface area (Å²) in [6.07, 6.45) is 1.77. The minimum atomic E-state index is 0.508. The molecule has 0 amide bonds. The number of benzene rings is 8. The van der Waals surface area contributed by atoms with E-state index in [1.54, 1.807) is 6.20 Å². The Kier molecular flexibility index (Phi) is 8.38. The fraction of sp³-hybridized carbons (Fsp3) is 0. The van der Waals surface area contributed by atoms with E-state index in [9.17, 15) is 0 Å². The fourth-order valence-electron chi connectivity index (χ4n) is 8.90. The summed E-state index contributed by atoms with van der Waals surface area (Å²) in [7, 11) is 0.